The minimum absolute atomic E-state index is 0.425. The van der Waals surface area contributed by atoms with Gasteiger partial charge in [-0.3, -0.25) is 4.79 Å². The number of carbonyl (C=O) groups is 1. The van der Waals surface area contributed by atoms with E-state index in [4.69, 9.17) is 0 Å². The molecule has 0 saturated heterocycles. The predicted molar refractivity (Wildman–Crippen MR) is 83.8 cm³/mol. The highest BCUT2D eigenvalue weighted by molar-refractivity contribution is 5.83. The molecule has 0 aromatic heterocycles. The number of anilines is 1. The second-order valence-corrected chi connectivity index (χ2v) is 5.76. The maximum atomic E-state index is 11.5. The Labute approximate surface area is 124 Å². The average Bonchev–Trinajstić information content (AvgIpc) is 2.82. The van der Waals surface area contributed by atoms with Gasteiger partial charge in [0.05, 0.1) is 0 Å². The van der Waals surface area contributed by atoms with Crippen LogP contribution < -0.4 is 4.90 Å². The molecule has 3 heteroatoms. The van der Waals surface area contributed by atoms with Crippen LogP contribution in [0.1, 0.15) is 28.2 Å². The highest BCUT2D eigenvalue weighted by atomic mass is 16.4. The smallest absolute Gasteiger partial charge is 0.312 e. The standard InChI is InChI=1S/C18H19NO2/c1-12-7-8-13(2)14(9-12)10-19-11-16(18(20)21)15-5-3-4-6-17(15)19/h3-9,16H,10-11H2,1-2H3,(H,20,21). The van der Waals surface area contributed by atoms with Crippen LogP contribution in [0, 0.1) is 13.8 Å². The predicted octanol–water partition coefficient (Wildman–Crippen LogP) is 3.49. The summed E-state index contributed by atoms with van der Waals surface area (Å²) in [4.78, 5) is 13.6. The van der Waals surface area contributed by atoms with Gasteiger partial charge in [0.25, 0.3) is 0 Å². The number of carboxylic acid groups (broad SMARTS) is 1. The summed E-state index contributed by atoms with van der Waals surface area (Å²) in [5.74, 6) is -1.17. The largest absolute Gasteiger partial charge is 0.481 e. The van der Waals surface area contributed by atoms with Crippen LogP contribution in [0.4, 0.5) is 5.69 Å². The van der Waals surface area contributed by atoms with Crippen LogP contribution in [0.5, 0.6) is 0 Å². The molecule has 0 saturated carbocycles. The fourth-order valence-corrected chi connectivity index (χ4v) is 3.02. The third-order valence-corrected chi connectivity index (χ3v) is 4.22. The molecule has 1 heterocycles. The molecule has 1 unspecified atom stereocenters. The van der Waals surface area contributed by atoms with Gasteiger partial charge in [-0.2, -0.15) is 0 Å². The number of para-hydroxylation sites is 1. The first-order valence-electron chi connectivity index (χ1n) is 7.19. The molecule has 3 nitrogen and oxygen atoms in total. The van der Waals surface area contributed by atoms with E-state index in [1.54, 1.807) is 0 Å². The van der Waals surface area contributed by atoms with Gasteiger partial charge in [-0.25, -0.2) is 0 Å². The van der Waals surface area contributed by atoms with Gasteiger partial charge in [0.1, 0.15) is 5.92 Å². The number of hydrogen-bond donors (Lipinski definition) is 1. The minimum Gasteiger partial charge on any atom is -0.481 e. The zero-order chi connectivity index (χ0) is 15.0. The second-order valence-electron chi connectivity index (χ2n) is 5.76. The Balaban J connectivity index is 1.94. The lowest BCUT2D eigenvalue weighted by atomic mass is 10.0. The summed E-state index contributed by atoms with van der Waals surface area (Å²) in [5, 5.41) is 9.42. The normalized spacial score (nSPS) is 16.9. The van der Waals surface area contributed by atoms with E-state index in [2.05, 4.69) is 36.9 Å². The van der Waals surface area contributed by atoms with Crippen molar-refractivity contribution in [2.75, 3.05) is 11.4 Å². The fourth-order valence-electron chi connectivity index (χ4n) is 3.02. The van der Waals surface area contributed by atoms with E-state index in [0.29, 0.717) is 6.54 Å². The molecule has 1 atom stereocenters. The number of nitrogens with zero attached hydrogens (tertiary/aromatic N) is 1. The molecular formula is C18H19NO2. The summed E-state index contributed by atoms with van der Waals surface area (Å²) in [7, 11) is 0. The highest BCUT2D eigenvalue weighted by Gasteiger charge is 2.33. The fraction of sp³-hybridized carbons (Fsp3) is 0.278. The van der Waals surface area contributed by atoms with Gasteiger partial charge in [0, 0.05) is 18.8 Å². The lowest BCUT2D eigenvalue weighted by molar-refractivity contribution is -0.138. The van der Waals surface area contributed by atoms with Gasteiger partial charge >= 0.3 is 5.97 Å². The quantitative estimate of drug-likeness (QED) is 0.936. The maximum absolute atomic E-state index is 11.5. The van der Waals surface area contributed by atoms with E-state index >= 15 is 0 Å². The van der Waals surface area contributed by atoms with Gasteiger partial charge in [0.2, 0.25) is 0 Å². The van der Waals surface area contributed by atoms with Crippen LogP contribution >= 0.6 is 0 Å². The van der Waals surface area contributed by atoms with Crippen molar-refractivity contribution < 1.29 is 9.90 Å². The van der Waals surface area contributed by atoms with Crippen molar-refractivity contribution in [2.24, 2.45) is 0 Å². The van der Waals surface area contributed by atoms with Crippen molar-refractivity contribution in [1.82, 2.24) is 0 Å². The molecule has 1 aliphatic rings. The number of carboxylic acids is 1. The Bertz CT molecular complexity index is 693. The molecule has 1 aliphatic heterocycles. The van der Waals surface area contributed by atoms with Crippen LogP contribution in [0.3, 0.4) is 0 Å². The second kappa shape index (κ2) is 5.24. The van der Waals surface area contributed by atoms with Crippen molar-refractivity contribution in [1.29, 1.82) is 0 Å². The summed E-state index contributed by atoms with van der Waals surface area (Å²) in [5.41, 5.74) is 5.71. The average molecular weight is 281 g/mol. The van der Waals surface area contributed by atoms with E-state index < -0.39 is 11.9 Å². The molecule has 0 amide bonds. The van der Waals surface area contributed by atoms with Crippen LogP contribution in [0.15, 0.2) is 42.5 Å². The molecule has 0 aliphatic carbocycles. The van der Waals surface area contributed by atoms with Crippen LogP contribution in [0.25, 0.3) is 0 Å². The SMILES string of the molecule is Cc1ccc(C)c(CN2CC(C(=O)O)c3ccccc32)c1. The maximum Gasteiger partial charge on any atom is 0.312 e. The van der Waals surface area contributed by atoms with E-state index in [9.17, 15) is 9.90 Å². The number of aliphatic carboxylic acids is 1. The van der Waals surface area contributed by atoms with Crippen LogP contribution in [-0.4, -0.2) is 17.6 Å². The number of aryl methyl sites for hydroxylation is 2. The molecule has 0 radical (unpaired) electrons. The summed E-state index contributed by atoms with van der Waals surface area (Å²) < 4.78 is 0. The third kappa shape index (κ3) is 2.51. The molecule has 3 rings (SSSR count). The van der Waals surface area contributed by atoms with E-state index in [-0.39, 0.29) is 0 Å². The molecule has 0 spiro atoms. The number of fused-ring (bicyclic) bond motifs is 1. The zero-order valence-corrected chi connectivity index (χ0v) is 12.3. The van der Waals surface area contributed by atoms with Crippen molar-refractivity contribution >= 4 is 11.7 Å². The molecule has 1 N–H and O–H groups in total. The molecule has 2 aromatic rings. The minimum atomic E-state index is -0.745. The summed E-state index contributed by atoms with van der Waals surface area (Å²) in [6.45, 7) is 5.49. The van der Waals surface area contributed by atoms with Crippen LogP contribution in [0.2, 0.25) is 0 Å². The summed E-state index contributed by atoms with van der Waals surface area (Å²) in [6.07, 6.45) is 0. The lowest BCUT2D eigenvalue weighted by Crippen LogP contribution is -2.24. The highest BCUT2D eigenvalue weighted by Crippen LogP contribution is 2.37. The zero-order valence-electron chi connectivity index (χ0n) is 12.3. The Morgan fingerprint density at radius 1 is 1.24 bits per heavy atom. The van der Waals surface area contributed by atoms with Crippen molar-refractivity contribution in [3.8, 4) is 0 Å². The van der Waals surface area contributed by atoms with Crippen LogP contribution in [-0.2, 0) is 11.3 Å². The first-order valence-corrected chi connectivity index (χ1v) is 7.19. The van der Waals surface area contributed by atoms with E-state index in [1.807, 2.05) is 24.3 Å². The Morgan fingerprint density at radius 2 is 2.00 bits per heavy atom. The molecule has 0 fully saturated rings. The van der Waals surface area contributed by atoms with Gasteiger partial charge < -0.3 is 10.0 Å². The van der Waals surface area contributed by atoms with Crippen molar-refractivity contribution in [3.63, 3.8) is 0 Å². The molecular weight excluding hydrogens is 262 g/mol. The van der Waals surface area contributed by atoms with Crippen molar-refractivity contribution in [2.45, 2.75) is 26.3 Å². The lowest BCUT2D eigenvalue weighted by Gasteiger charge is -2.21. The molecule has 2 aromatic carbocycles. The Morgan fingerprint density at radius 3 is 2.76 bits per heavy atom. The first kappa shape index (κ1) is 13.7. The van der Waals surface area contributed by atoms with E-state index in [0.717, 1.165) is 17.8 Å². The summed E-state index contributed by atoms with van der Waals surface area (Å²) >= 11 is 0. The van der Waals surface area contributed by atoms with Gasteiger partial charge in [-0.05, 0) is 36.6 Å². The monoisotopic (exact) mass is 281 g/mol. The van der Waals surface area contributed by atoms with Crippen molar-refractivity contribution in [3.05, 3.63) is 64.7 Å². The van der Waals surface area contributed by atoms with Gasteiger partial charge in [0.15, 0.2) is 0 Å². The molecule has 21 heavy (non-hydrogen) atoms. The number of rotatable bonds is 3. The van der Waals surface area contributed by atoms with E-state index in [1.165, 1.54) is 16.7 Å². The summed E-state index contributed by atoms with van der Waals surface area (Å²) in [6, 6.07) is 14.3. The molecule has 108 valence electrons. The van der Waals surface area contributed by atoms with Gasteiger partial charge in [-0.15, -0.1) is 0 Å². The Hall–Kier alpha value is -2.29. The number of hydrogen-bond acceptors (Lipinski definition) is 2. The third-order valence-electron chi connectivity index (χ3n) is 4.22. The topological polar surface area (TPSA) is 40.5 Å². The first-order chi connectivity index (χ1) is 10.1. The Kier molecular flexibility index (Phi) is 3.42. The molecule has 0 bridgehead atoms. The number of benzene rings is 2. The van der Waals surface area contributed by atoms with Gasteiger partial charge in [-0.1, -0.05) is 42.0 Å².